The van der Waals surface area contributed by atoms with Crippen molar-refractivity contribution < 1.29 is 0 Å². The van der Waals surface area contributed by atoms with Crippen molar-refractivity contribution >= 4 is 5.69 Å². The van der Waals surface area contributed by atoms with Gasteiger partial charge in [0.2, 0.25) is 0 Å². The second-order valence-corrected chi connectivity index (χ2v) is 6.25. The van der Waals surface area contributed by atoms with Gasteiger partial charge in [-0.15, -0.1) is 0 Å². The first-order chi connectivity index (χ1) is 9.69. The Morgan fingerprint density at radius 3 is 2.95 bits per heavy atom. The molecule has 0 aromatic carbocycles. The lowest BCUT2D eigenvalue weighted by atomic mass is 10.1. The first kappa shape index (κ1) is 13.8. The summed E-state index contributed by atoms with van der Waals surface area (Å²) in [5.41, 5.74) is 8.29. The molecule has 0 radical (unpaired) electrons. The van der Waals surface area contributed by atoms with Gasteiger partial charge in [0, 0.05) is 31.2 Å². The van der Waals surface area contributed by atoms with Crippen LogP contribution < -0.4 is 10.6 Å². The van der Waals surface area contributed by atoms with Crippen LogP contribution in [-0.4, -0.2) is 41.6 Å². The molecule has 110 valence electrons. The molecule has 2 fully saturated rings. The van der Waals surface area contributed by atoms with Crippen molar-refractivity contribution in [1.29, 1.82) is 0 Å². The van der Waals surface area contributed by atoms with Gasteiger partial charge in [0.05, 0.1) is 17.6 Å². The molecule has 2 aliphatic rings. The quantitative estimate of drug-likeness (QED) is 0.917. The van der Waals surface area contributed by atoms with Gasteiger partial charge >= 0.3 is 0 Å². The fourth-order valence-electron chi connectivity index (χ4n) is 3.54. The lowest BCUT2D eigenvalue weighted by Crippen LogP contribution is -2.55. The average molecular weight is 274 g/mol. The number of hydrogen-bond donors (Lipinski definition) is 1. The summed E-state index contributed by atoms with van der Waals surface area (Å²) < 4.78 is 0. The molecule has 1 aromatic heterocycles. The van der Waals surface area contributed by atoms with E-state index in [4.69, 9.17) is 5.73 Å². The molecule has 0 amide bonds. The van der Waals surface area contributed by atoms with Gasteiger partial charge in [0.15, 0.2) is 0 Å². The van der Waals surface area contributed by atoms with Crippen molar-refractivity contribution in [2.75, 3.05) is 24.5 Å². The number of piperazine rings is 1. The van der Waals surface area contributed by atoms with Crippen molar-refractivity contribution in [2.24, 2.45) is 5.73 Å². The van der Waals surface area contributed by atoms with Crippen LogP contribution in [0.2, 0.25) is 0 Å². The van der Waals surface area contributed by atoms with Crippen molar-refractivity contribution in [2.45, 2.75) is 51.2 Å². The Hall–Kier alpha value is -1.13. The van der Waals surface area contributed by atoms with Gasteiger partial charge in [-0.1, -0.05) is 6.92 Å². The Morgan fingerprint density at radius 1 is 1.40 bits per heavy atom. The predicted molar refractivity (Wildman–Crippen MR) is 82.9 cm³/mol. The van der Waals surface area contributed by atoms with Gasteiger partial charge in [-0.2, -0.15) is 0 Å². The molecule has 0 spiro atoms. The normalized spacial score (nSPS) is 28.4. The maximum absolute atomic E-state index is 6.04. The molecule has 4 heteroatoms. The lowest BCUT2D eigenvalue weighted by molar-refractivity contribution is 0.203. The number of pyridine rings is 1. The fraction of sp³-hybridized carbons (Fsp3) is 0.688. The smallest absolute Gasteiger partial charge is 0.0572 e. The zero-order valence-electron chi connectivity index (χ0n) is 12.6. The van der Waals surface area contributed by atoms with Crippen molar-refractivity contribution in [3.05, 3.63) is 24.0 Å². The van der Waals surface area contributed by atoms with Gasteiger partial charge in [-0.05, 0) is 44.9 Å². The van der Waals surface area contributed by atoms with Crippen LogP contribution in [-0.2, 0) is 0 Å². The zero-order chi connectivity index (χ0) is 14.1. The third kappa shape index (κ3) is 2.54. The second kappa shape index (κ2) is 5.70. The van der Waals surface area contributed by atoms with Gasteiger partial charge in [0.25, 0.3) is 0 Å². The first-order valence-corrected chi connectivity index (χ1v) is 7.91. The van der Waals surface area contributed by atoms with Crippen molar-refractivity contribution in [1.82, 2.24) is 9.88 Å². The minimum absolute atomic E-state index is 0.0631. The van der Waals surface area contributed by atoms with Crippen LogP contribution in [0.25, 0.3) is 0 Å². The van der Waals surface area contributed by atoms with Gasteiger partial charge in [-0.3, -0.25) is 9.88 Å². The van der Waals surface area contributed by atoms with E-state index in [0.717, 1.165) is 24.7 Å². The minimum Gasteiger partial charge on any atom is -0.365 e. The minimum atomic E-state index is 0.0631. The van der Waals surface area contributed by atoms with E-state index in [-0.39, 0.29) is 6.04 Å². The third-order valence-corrected chi connectivity index (χ3v) is 4.86. The highest BCUT2D eigenvalue weighted by atomic mass is 15.3. The lowest BCUT2D eigenvalue weighted by Gasteiger charge is -2.43. The SMILES string of the molecule is CCC(N)c1ccc(N2CC3CCCN3CC2C)cn1. The molecule has 0 aliphatic carbocycles. The number of anilines is 1. The summed E-state index contributed by atoms with van der Waals surface area (Å²) in [5.74, 6) is 0. The van der Waals surface area contributed by atoms with Crippen LogP contribution >= 0.6 is 0 Å². The summed E-state index contributed by atoms with van der Waals surface area (Å²) in [7, 11) is 0. The molecule has 20 heavy (non-hydrogen) atoms. The summed E-state index contributed by atoms with van der Waals surface area (Å²) in [6, 6.07) is 5.66. The van der Waals surface area contributed by atoms with Crippen LogP contribution in [0, 0.1) is 0 Å². The van der Waals surface area contributed by atoms with Gasteiger partial charge in [-0.25, -0.2) is 0 Å². The van der Waals surface area contributed by atoms with E-state index in [0.29, 0.717) is 6.04 Å². The number of hydrogen-bond acceptors (Lipinski definition) is 4. The Kier molecular flexibility index (Phi) is 3.94. The summed E-state index contributed by atoms with van der Waals surface area (Å²) in [5, 5.41) is 0. The molecule has 3 unspecified atom stereocenters. The number of rotatable bonds is 3. The fourth-order valence-corrected chi connectivity index (χ4v) is 3.54. The van der Waals surface area contributed by atoms with Crippen molar-refractivity contribution in [3.8, 4) is 0 Å². The third-order valence-electron chi connectivity index (χ3n) is 4.86. The van der Waals surface area contributed by atoms with Crippen LogP contribution in [0.4, 0.5) is 5.69 Å². The molecule has 2 N–H and O–H groups in total. The average Bonchev–Trinajstić information content (AvgIpc) is 2.93. The predicted octanol–water partition coefficient (Wildman–Crippen LogP) is 2.16. The molecule has 4 nitrogen and oxygen atoms in total. The van der Waals surface area contributed by atoms with Crippen molar-refractivity contribution in [3.63, 3.8) is 0 Å². The molecule has 0 saturated carbocycles. The standard InChI is InChI=1S/C16H26N4/c1-3-15(17)16-7-6-13(9-18-16)20-11-14-5-4-8-19(14)10-12(20)2/h6-7,9,12,14-15H,3-5,8,10-11,17H2,1-2H3. The Balaban J connectivity index is 1.74. The molecule has 1 aromatic rings. The zero-order valence-corrected chi connectivity index (χ0v) is 12.6. The molecule has 2 aliphatic heterocycles. The van der Waals surface area contributed by atoms with Crippen LogP contribution in [0.15, 0.2) is 18.3 Å². The van der Waals surface area contributed by atoms with E-state index in [2.05, 4.69) is 40.8 Å². The van der Waals surface area contributed by atoms with Gasteiger partial charge in [0.1, 0.15) is 0 Å². The topological polar surface area (TPSA) is 45.4 Å². The molecule has 3 rings (SSSR count). The molecule has 3 atom stereocenters. The monoisotopic (exact) mass is 274 g/mol. The molecule has 0 bridgehead atoms. The maximum Gasteiger partial charge on any atom is 0.0572 e. The summed E-state index contributed by atoms with van der Waals surface area (Å²) >= 11 is 0. The van der Waals surface area contributed by atoms with E-state index in [1.54, 1.807) is 0 Å². The van der Waals surface area contributed by atoms with Gasteiger partial charge < -0.3 is 10.6 Å². The molecule has 3 heterocycles. The van der Waals surface area contributed by atoms with E-state index in [9.17, 15) is 0 Å². The summed E-state index contributed by atoms with van der Waals surface area (Å²) in [4.78, 5) is 9.73. The molecule has 2 saturated heterocycles. The number of aromatic nitrogens is 1. The largest absolute Gasteiger partial charge is 0.365 e. The summed E-state index contributed by atoms with van der Waals surface area (Å²) in [6.07, 6.45) is 5.64. The van der Waals surface area contributed by atoms with E-state index in [1.165, 1.54) is 31.6 Å². The highest BCUT2D eigenvalue weighted by Crippen LogP contribution is 2.28. The number of fused-ring (bicyclic) bond motifs is 1. The van der Waals surface area contributed by atoms with E-state index < -0.39 is 0 Å². The highest BCUT2D eigenvalue weighted by Gasteiger charge is 2.34. The van der Waals surface area contributed by atoms with Crippen LogP contribution in [0.1, 0.15) is 44.8 Å². The Morgan fingerprint density at radius 2 is 2.25 bits per heavy atom. The second-order valence-electron chi connectivity index (χ2n) is 6.25. The Bertz CT molecular complexity index is 444. The number of nitrogens with two attached hydrogens (primary N) is 1. The van der Waals surface area contributed by atoms with Crippen LogP contribution in [0.5, 0.6) is 0 Å². The molecular formula is C16H26N4. The summed E-state index contributed by atoms with van der Waals surface area (Å²) in [6.45, 7) is 8.02. The first-order valence-electron chi connectivity index (χ1n) is 7.91. The van der Waals surface area contributed by atoms with Crippen LogP contribution in [0.3, 0.4) is 0 Å². The molecular weight excluding hydrogens is 248 g/mol. The van der Waals surface area contributed by atoms with E-state index in [1.807, 2.05) is 6.20 Å². The highest BCUT2D eigenvalue weighted by molar-refractivity contribution is 5.47. The number of nitrogens with zero attached hydrogens (tertiary/aromatic N) is 3. The van der Waals surface area contributed by atoms with E-state index >= 15 is 0 Å². The maximum atomic E-state index is 6.04. The Labute approximate surface area is 122 Å².